The number of hydrogen-bond acceptors (Lipinski definition) is 3. The van der Waals surface area contributed by atoms with E-state index >= 15 is 0 Å². The van der Waals surface area contributed by atoms with Gasteiger partial charge in [-0.3, -0.25) is 9.59 Å². The molecule has 0 radical (unpaired) electrons. The molecule has 3 nitrogen and oxygen atoms in total. The fraction of sp³-hybridized carbons (Fsp3) is 0. The Morgan fingerprint density at radius 2 is 1.62 bits per heavy atom. The van der Waals surface area contributed by atoms with Crippen molar-refractivity contribution in [2.45, 2.75) is 0 Å². The molecule has 2 aromatic carbocycles. The summed E-state index contributed by atoms with van der Waals surface area (Å²) in [5.74, 6) is -1.34. The molecule has 0 aliphatic heterocycles. The van der Waals surface area contributed by atoms with E-state index in [0.717, 1.165) is 0 Å². The lowest BCUT2D eigenvalue weighted by Crippen LogP contribution is -2.05. The van der Waals surface area contributed by atoms with Crippen LogP contribution in [0.3, 0.4) is 0 Å². The normalized spacial score (nSPS) is 15.6. The van der Waals surface area contributed by atoms with Crippen molar-refractivity contribution in [3.05, 3.63) is 63.1 Å². The lowest BCUT2D eigenvalue weighted by atomic mass is 10.0. The molecular formula is C16H8Cl2O3. The number of aromatic hydroxyl groups is 1. The van der Waals surface area contributed by atoms with Gasteiger partial charge >= 0.3 is 0 Å². The quantitative estimate of drug-likeness (QED) is 0.638. The fourth-order valence-corrected chi connectivity index (χ4v) is 2.79. The third kappa shape index (κ3) is 2.24. The number of benzene rings is 2. The van der Waals surface area contributed by atoms with Crippen molar-refractivity contribution in [1.29, 1.82) is 0 Å². The van der Waals surface area contributed by atoms with E-state index in [-0.39, 0.29) is 16.3 Å². The maximum absolute atomic E-state index is 12.1. The van der Waals surface area contributed by atoms with Crippen LogP contribution in [0.1, 0.15) is 21.5 Å². The number of phenols is 1. The van der Waals surface area contributed by atoms with Gasteiger partial charge in [-0.05, 0) is 23.8 Å². The van der Waals surface area contributed by atoms with E-state index in [1.165, 1.54) is 18.2 Å². The van der Waals surface area contributed by atoms with Crippen molar-refractivity contribution in [2.75, 3.05) is 0 Å². The average molecular weight is 319 g/mol. The second kappa shape index (κ2) is 5.02. The minimum Gasteiger partial charge on any atom is -0.506 e. The topological polar surface area (TPSA) is 54.4 Å². The maximum atomic E-state index is 12.1. The monoisotopic (exact) mass is 318 g/mol. The molecule has 0 unspecified atom stereocenters. The Bertz CT molecular complexity index is 822. The zero-order valence-corrected chi connectivity index (χ0v) is 12.1. The highest BCUT2D eigenvalue weighted by atomic mass is 35.5. The largest absolute Gasteiger partial charge is 0.506 e. The molecule has 0 amide bonds. The molecule has 3 rings (SSSR count). The van der Waals surface area contributed by atoms with Crippen LogP contribution in [0.25, 0.3) is 11.6 Å². The van der Waals surface area contributed by atoms with Crippen LogP contribution in [0.2, 0.25) is 10.0 Å². The number of carbonyl (C=O) groups excluding carboxylic acids is 2. The van der Waals surface area contributed by atoms with E-state index in [4.69, 9.17) is 23.2 Å². The van der Waals surface area contributed by atoms with Gasteiger partial charge in [-0.1, -0.05) is 47.5 Å². The summed E-state index contributed by atoms with van der Waals surface area (Å²) in [7, 11) is 0. The zero-order chi connectivity index (χ0) is 15.1. The molecule has 104 valence electrons. The minimum absolute atomic E-state index is 0.0828. The Labute approximate surface area is 130 Å². The van der Waals surface area contributed by atoms with Gasteiger partial charge in [-0.15, -0.1) is 0 Å². The number of Topliss-reactive ketones (excluding diaryl/α,β-unsaturated/α-hetero) is 2. The van der Waals surface area contributed by atoms with Gasteiger partial charge in [-0.2, -0.15) is 0 Å². The van der Waals surface area contributed by atoms with Gasteiger partial charge in [0.25, 0.3) is 0 Å². The summed E-state index contributed by atoms with van der Waals surface area (Å²) in [5, 5.41) is 10.4. The summed E-state index contributed by atoms with van der Waals surface area (Å²) in [6.45, 7) is 0. The second-order valence-corrected chi connectivity index (χ2v) is 5.43. The van der Waals surface area contributed by atoms with Crippen LogP contribution in [0.4, 0.5) is 0 Å². The van der Waals surface area contributed by atoms with E-state index in [2.05, 4.69) is 0 Å². The van der Waals surface area contributed by atoms with Crippen LogP contribution in [0, 0.1) is 0 Å². The Hall–Kier alpha value is -2.10. The molecular weight excluding hydrogens is 311 g/mol. The highest BCUT2D eigenvalue weighted by Gasteiger charge is 2.33. The Kier molecular flexibility index (Phi) is 3.32. The van der Waals surface area contributed by atoms with Gasteiger partial charge in [0.2, 0.25) is 11.6 Å². The predicted octanol–water partition coefficient (Wildman–Crippen LogP) is 4.01. The molecule has 2 aromatic rings. The van der Waals surface area contributed by atoms with Crippen LogP contribution in [0.5, 0.6) is 5.75 Å². The van der Waals surface area contributed by atoms with Gasteiger partial charge in [0.15, 0.2) is 0 Å². The molecule has 0 fully saturated rings. The number of fused-ring (bicyclic) bond motifs is 1. The summed E-state index contributed by atoms with van der Waals surface area (Å²) < 4.78 is 0. The molecule has 1 aliphatic carbocycles. The second-order valence-electron chi connectivity index (χ2n) is 4.59. The SMILES string of the molecule is O=C1C(=O)c2ccccc2C1=Cc1cc(Cl)cc(Cl)c1O. The molecule has 0 bridgehead atoms. The van der Waals surface area contributed by atoms with Gasteiger partial charge in [-0.25, -0.2) is 0 Å². The third-order valence-electron chi connectivity index (χ3n) is 3.27. The highest BCUT2D eigenvalue weighted by molar-refractivity contribution is 6.64. The zero-order valence-electron chi connectivity index (χ0n) is 10.6. The van der Waals surface area contributed by atoms with Crippen molar-refractivity contribution in [3.8, 4) is 5.75 Å². The van der Waals surface area contributed by atoms with Crippen molar-refractivity contribution in [1.82, 2.24) is 0 Å². The first-order valence-electron chi connectivity index (χ1n) is 6.07. The number of rotatable bonds is 1. The summed E-state index contributed by atoms with van der Waals surface area (Å²) >= 11 is 11.8. The van der Waals surface area contributed by atoms with Crippen LogP contribution >= 0.6 is 23.2 Å². The first-order valence-corrected chi connectivity index (χ1v) is 6.83. The number of halogens is 2. The molecule has 1 N–H and O–H groups in total. The van der Waals surface area contributed by atoms with E-state index < -0.39 is 11.6 Å². The lowest BCUT2D eigenvalue weighted by Gasteiger charge is -2.04. The van der Waals surface area contributed by atoms with Gasteiger partial charge in [0.05, 0.1) is 5.02 Å². The Morgan fingerprint density at radius 3 is 2.33 bits per heavy atom. The Morgan fingerprint density at radius 1 is 0.952 bits per heavy atom. The third-order valence-corrected chi connectivity index (χ3v) is 3.78. The van der Waals surface area contributed by atoms with Crippen molar-refractivity contribution in [2.24, 2.45) is 0 Å². The molecule has 1 aliphatic rings. The molecule has 21 heavy (non-hydrogen) atoms. The predicted molar refractivity (Wildman–Crippen MR) is 81.8 cm³/mol. The summed E-state index contributed by atoms with van der Waals surface area (Å²) in [6, 6.07) is 9.60. The van der Waals surface area contributed by atoms with Gasteiger partial charge in [0.1, 0.15) is 5.75 Å². The number of phenolic OH excluding ortho intramolecular Hbond substituents is 1. The van der Waals surface area contributed by atoms with Crippen LogP contribution in [0.15, 0.2) is 36.4 Å². The van der Waals surface area contributed by atoms with E-state index in [1.54, 1.807) is 24.3 Å². The molecule has 0 heterocycles. The Balaban J connectivity index is 2.22. The highest BCUT2D eigenvalue weighted by Crippen LogP contribution is 2.36. The molecule has 5 heteroatoms. The molecule has 0 aromatic heterocycles. The van der Waals surface area contributed by atoms with Crippen molar-refractivity contribution in [3.63, 3.8) is 0 Å². The first-order chi connectivity index (χ1) is 9.99. The van der Waals surface area contributed by atoms with Crippen LogP contribution in [-0.4, -0.2) is 16.7 Å². The van der Waals surface area contributed by atoms with Crippen molar-refractivity contribution < 1.29 is 14.7 Å². The lowest BCUT2D eigenvalue weighted by molar-refractivity contribution is -0.109. The molecule has 0 atom stereocenters. The number of ketones is 2. The fourth-order valence-electron chi connectivity index (χ4n) is 2.28. The molecule has 0 saturated heterocycles. The van der Waals surface area contributed by atoms with E-state index in [1.807, 2.05) is 0 Å². The maximum Gasteiger partial charge on any atom is 0.234 e. The van der Waals surface area contributed by atoms with E-state index in [0.29, 0.717) is 21.7 Å². The number of hydrogen-bond donors (Lipinski definition) is 1. The molecule has 0 saturated carbocycles. The molecule has 0 spiro atoms. The van der Waals surface area contributed by atoms with Crippen molar-refractivity contribution >= 4 is 46.4 Å². The van der Waals surface area contributed by atoms with Gasteiger partial charge < -0.3 is 5.11 Å². The summed E-state index contributed by atoms with van der Waals surface area (Å²) in [6.07, 6.45) is 1.43. The first kappa shape index (κ1) is 13.9. The van der Waals surface area contributed by atoms with Crippen LogP contribution in [-0.2, 0) is 4.79 Å². The summed E-state index contributed by atoms with van der Waals surface area (Å²) in [5.41, 5.74) is 1.42. The van der Waals surface area contributed by atoms with Crippen LogP contribution < -0.4 is 0 Å². The summed E-state index contributed by atoms with van der Waals surface area (Å²) in [4.78, 5) is 24.0. The minimum atomic E-state index is -0.605. The standard InChI is InChI=1S/C16H8Cl2O3/c17-9-5-8(14(19)13(18)7-9)6-12-10-3-1-2-4-11(10)15(20)16(12)21/h1-7,19H. The average Bonchev–Trinajstić information content (AvgIpc) is 2.70. The van der Waals surface area contributed by atoms with Gasteiger partial charge in [0, 0.05) is 21.7 Å². The number of carbonyl (C=O) groups is 2. The smallest absolute Gasteiger partial charge is 0.234 e. The van der Waals surface area contributed by atoms with E-state index in [9.17, 15) is 14.7 Å². The number of allylic oxidation sites excluding steroid dienone is 1.